The SMILES string of the molecule is Cc1c(C(=O)NCc2ccccc2)c2n(c1C)CCC(=O)N2. The maximum Gasteiger partial charge on any atom is 0.255 e. The zero-order valence-corrected chi connectivity index (χ0v) is 12.8. The van der Waals surface area contributed by atoms with Crippen molar-refractivity contribution >= 4 is 17.6 Å². The minimum Gasteiger partial charge on any atom is -0.348 e. The smallest absolute Gasteiger partial charge is 0.255 e. The lowest BCUT2D eigenvalue weighted by Gasteiger charge is -2.18. The Labute approximate surface area is 129 Å². The second-order valence-electron chi connectivity index (χ2n) is 5.55. The molecule has 1 aliphatic heterocycles. The van der Waals surface area contributed by atoms with Gasteiger partial charge < -0.3 is 15.2 Å². The van der Waals surface area contributed by atoms with Crippen LogP contribution >= 0.6 is 0 Å². The van der Waals surface area contributed by atoms with Gasteiger partial charge in [0.15, 0.2) is 0 Å². The van der Waals surface area contributed by atoms with Gasteiger partial charge in [0.05, 0.1) is 5.56 Å². The highest BCUT2D eigenvalue weighted by Gasteiger charge is 2.27. The number of anilines is 1. The number of nitrogens with zero attached hydrogens (tertiary/aromatic N) is 1. The Balaban J connectivity index is 1.85. The molecule has 2 N–H and O–H groups in total. The minimum atomic E-state index is -0.152. The van der Waals surface area contributed by atoms with E-state index in [1.807, 2.05) is 48.7 Å². The Kier molecular flexibility index (Phi) is 3.71. The summed E-state index contributed by atoms with van der Waals surface area (Å²) in [4.78, 5) is 24.2. The quantitative estimate of drug-likeness (QED) is 0.913. The second kappa shape index (κ2) is 5.67. The predicted octanol–water partition coefficient (Wildman–Crippen LogP) is 2.38. The van der Waals surface area contributed by atoms with Gasteiger partial charge in [-0.25, -0.2) is 0 Å². The van der Waals surface area contributed by atoms with Crippen LogP contribution in [0.1, 0.15) is 33.6 Å². The molecule has 1 aromatic carbocycles. The fourth-order valence-corrected chi connectivity index (χ4v) is 2.83. The number of carbonyl (C=O) groups excluding carboxylic acids is 2. The highest BCUT2D eigenvalue weighted by atomic mass is 16.2. The van der Waals surface area contributed by atoms with Crippen molar-refractivity contribution in [2.45, 2.75) is 33.4 Å². The van der Waals surface area contributed by atoms with E-state index < -0.39 is 0 Å². The Morgan fingerprint density at radius 2 is 2.00 bits per heavy atom. The number of amides is 2. The molecule has 0 unspecified atom stereocenters. The number of hydrogen-bond acceptors (Lipinski definition) is 2. The van der Waals surface area contributed by atoms with E-state index in [4.69, 9.17) is 0 Å². The summed E-state index contributed by atoms with van der Waals surface area (Å²) in [7, 11) is 0. The van der Waals surface area contributed by atoms with Crippen LogP contribution in [-0.2, 0) is 17.9 Å². The summed E-state index contributed by atoms with van der Waals surface area (Å²) >= 11 is 0. The van der Waals surface area contributed by atoms with Crippen LogP contribution < -0.4 is 10.6 Å². The molecule has 0 bridgehead atoms. The number of hydrogen-bond donors (Lipinski definition) is 2. The molecule has 0 saturated heterocycles. The molecule has 2 heterocycles. The van der Waals surface area contributed by atoms with E-state index in [2.05, 4.69) is 10.6 Å². The molecular weight excluding hydrogens is 278 g/mol. The number of nitrogens with one attached hydrogen (secondary N) is 2. The van der Waals surface area contributed by atoms with E-state index in [0.29, 0.717) is 30.9 Å². The van der Waals surface area contributed by atoms with Crippen LogP contribution in [0.3, 0.4) is 0 Å². The molecule has 0 saturated carbocycles. The maximum atomic E-state index is 12.6. The monoisotopic (exact) mass is 297 g/mol. The first-order valence-electron chi connectivity index (χ1n) is 7.39. The van der Waals surface area contributed by atoms with Crippen molar-refractivity contribution < 1.29 is 9.59 Å². The average Bonchev–Trinajstić information content (AvgIpc) is 2.77. The van der Waals surface area contributed by atoms with Gasteiger partial charge in [0, 0.05) is 25.2 Å². The molecule has 0 radical (unpaired) electrons. The van der Waals surface area contributed by atoms with E-state index in [9.17, 15) is 9.59 Å². The van der Waals surface area contributed by atoms with Crippen molar-refractivity contribution in [3.8, 4) is 0 Å². The Bertz CT molecular complexity index is 732. The second-order valence-corrected chi connectivity index (χ2v) is 5.55. The molecule has 0 aliphatic carbocycles. The molecule has 0 spiro atoms. The van der Waals surface area contributed by atoms with Gasteiger partial charge in [0.2, 0.25) is 5.91 Å². The average molecular weight is 297 g/mol. The number of aromatic nitrogens is 1. The van der Waals surface area contributed by atoms with Gasteiger partial charge in [-0.2, -0.15) is 0 Å². The van der Waals surface area contributed by atoms with Crippen LogP contribution in [0.4, 0.5) is 5.82 Å². The molecule has 1 aromatic heterocycles. The minimum absolute atomic E-state index is 0.0397. The summed E-state index contributed by atoms with van der Waals surface area (Å²) in [5.41, 5.74) is 3.56. The first-order chi connectivity index (χ1) is 10.6. The Morgan fingerprint density at radius 1 is 1.27 bits per heavy atom. The van der Waals surface area contributed by atoms with Gasteiger partial charge >= 0.3 is 0 Å². The van der Waals surface area contributed by atoms with Crippen molar-refractivity contribution in [2.24, 2.45) is 0 Å². The molecule has 2 amide bonds. The normalized spacial score (nSPS) is 13.5. The molecule has 1 aliphatic rings. The lowest BCUT2D eigenvalue weighted by atomic mass is 10.1. The van der Waals surface area contributed by atoms with Crippen LogP contribution in [0.5, 0.6) is 0 Å². The Morgan fingerprint density at radius 3 is 2.73 bits per heavy atom. The van der Waals surface area contributed by atoms with Gasteiger partial charge in [-0.15, -0.1) is 0 Å². The highest BCUT2D eigenvalue weighted by Crippen LogP contribution is 2.29. The molecule has 114 valence electrons. The molecule has 0 fully saturated rings. The van der Waals surface area contributed by atoms with Crippen molar-refractivity contribution in [1.29, 1.82) is 0 Å². The number of carbonyl (C=O) groups is 2. The van der Waals surface area contributed by atoms with Crippen molar-refractivity contribution in [2.75, 3.05) is 5.32 Å². The fourth-order valence-electron chi connectivity index (χ4n) is 2.83. The molecule has 5 heteroatoms. The topological polar surface area (TPSA) is 63.1 Å². The van der Waals surface area contributed by atoms with Crippen LogP contribution in [0.15, 0.2) is 30.3 Å². The number of benzene rings is 1. The third kappa shape index (κ3) is 2.50. The standard InChI is InChI=1S/C17H19N3O2/c1-11-12(2)20-9-8-14(21)19-16(20)15(11)17(22)18-10-13-6-4-3-5-7-13/h3-7H,8-10H2,1-2H3,(H,18,22)(H,19,21). The maximum absolute atomic E-state index is 12.6. The fraction of sp³-hybridized carbons (Fsp3) is 0.294. The number of fused-ring (bicyclic) bond motifs is 1. The molecular formula is C17H19N3O2. The highest BCUT2D eigenvalue weighted by molar-refractivity contribution is 6.05. The van der Waals surface area contributed by atoms with Crippen molar-refractivity contribution in [1.82, 2.24) is 9.88 Å². The van der Waals surface area contributed by atoms with Gasteiger partial charge in [-0.05, 0) is 25.0 Å². The predicted molar refractivity (Wildman–Crippen MR) is 84.8 cm³/mol. The lowest BCUT2D eigenvalue weighted by Crippen LogP contribution is -2.28. The lowest BCUT2D eigenvalue weighted by molar-refractivity contribution is -0.116. The van der Waals surface area contributed by atoms with Crippen LogP contribution in [0.2, 0.25) is 0 Å². The summed E-state index contributed by atoms with van der Waals surface area (Å²) < 4.78 is 2.01. The van der Waals surface area contributed by atoms with Gasteiger partial charge in [-0.1, -0.05) is 30.3 Å². The van der Waals surface area contributed by atoms with Crippen LogP contribution in [0, 0.1) is 13.8 Å². The summed E-state index contributed by atoms with van der Waals surface area (Å²) in [6.45, 7) is 4.99. The van der Waals surface area contributed by atoms with E-state index in [0.717, 1.165) is 16.8 Å². The van der Waals surface area contributed by atoms with Gasteiger partial charge in [0.1, 0.15) is 5.82 Å². The van der Waals surface area contributed by atoms with Crippen molar-refractivity contribution in [3.63, 3.8) is 0 Å². The first-order valence-corrected chi connectivity index (χ1v) is 7.39. The molecule has 22 heavy (non-hydrogen) atoms. The molecule has 0 atom stereocenters. The summed E-state index contributed by atoms with van der Waals surface area (Å²) in [6, 6.07) is 9.76. The largest absolute Gasteiger partial charge is 0.348 e. The van der Waals surface area contributed by atoms with E-state index in [1.165, 1.54) is 0 Å². The van der Waals surface area contributed by atoms with E-state index >= 15 is 0 Å². The molecule has 3 rings (SSSR count). The third-order valence-electron chi connectivity index (χ3n) is 4.17. The van der Waals surface area contributed by atoms with E-state index in [1.54, 1.807) is 0 Å². The van der Waals surface area contributed by atoms with E-state index in [-0.39, 0.29) is 11.8 Å². The molecule has 5 nitrogen and oxygen atoms in total. The van der Waals surface area contributed by atoms with Crippen LogP contribution in [-0.4, -0.2) is 16.4 Å². The molecule has 2 aromatic rings. The summed E-state index contributed by atoms with van der Waals surface area (Å²) in [6.07, 6.45) is 0.451. The third-order valence-corrected chi connectivity index (χ3v) is 4.17. The van der Waals surface area contributed by atoms with Gasteiger partial charge in [-0.3, -0.25) is 9.59 Å². The summed E-state index contributed by atoms with van der Waals surface area (Å²) in [5, 5.41) is 5.76. The first kappa shape index (κ1) is 14.4. The zero-order valence-electron chi connectivity index (χ0n) is 12.8. The Hall–Kier alpha value is -2.56. The van der Waals surface area contributed by atoms with Crippen molar-refractivity contribution in [3.05, 3.63) is 52.7 Å². The number of rotatable bonds is 3. The summed E-state index contributed by atoms with van der Waals surface area (Å²) in [5.74, 6) is 0.430. The zero-order chi connectivity index (χ0) is 15.7. The van der Waals surface area contributed by atoms with Gasteiger partial charge in [0.25, 0.3) is 5.91 Å². The van der Waals surface area contributed by atoms with Crippen LogP contribution in [0.25, 0.3) is 0 Å².